The van der Waals surface area contributed by atoms with Gasteiger partial charge in [0.1, 0.15) is 23.0 Å². The molecule has 3 heterocycles. The number of nitrogens with one attached hydrogen (secondary N) is 2. The van der Waals surface area contributed by atoms with E-state index in [1.807, 2.05) is 49.2 Å². The van der Waals surface area contributed by atoms with Crippen molar-refractivity contribution in [3.8, 4) is 0 Å². The molecule has 0 bridgehead atoms. The van der Waals surface area contributed by atoms with E-state index >= 15 is 0 Å². The highest BCUT2D eigenvalue weighted by Gasteiger charge is 2.16. The van der Waals surface area contributed by atoms with Crippen LogP contribution < -0.4 is 5.32 Å². The minimum atomic E-state index is 0.00701. The van der Waals surface area contributed by atoms with Crippen LogP contribution in [-0.4, -0.2) is 28.7 Å². The van der Waals surface area contributed by atoms with Gasteiger partial charge in [0.25, 0.3) is 0 Å². The summed E-state index contributed by atoms with van der Waals surface area (Å²) in [5.41, 5.74) is 3.92. The van der Waals surface area contributed by atoms with E-state index in [9.17, 15) is 4.79 Å². The fourth-order valence-electron chi connectivity index (χ4n) is 3.34. The Labute approximate surface area is 163 Å². The maximum Gasteiger partial charge on any atom is 0.225 e. The first kappa shape index (κ1) is 18.0. The molecule has 2 aromatic heterocycles. The molecule has 3 aromatic rings. The molecule has 0 unspecified atom stereocenters. The Morgan fingerprint density at radius 2 is 2.18 bits per heavy atom. The zero-order chi connectivity index (χ0) is 19.7. The van der Waals surface area contributed by atoms with Crippen molar-refractivity contribution >= 4 is 34.6 Å². The van der Waals surface area contributed by atoms with Gasteiger partial charge in [-0.05, 0) is 48.8 Å². The van der Waals surface area contributed by atoms with Crippen molar-refractivity contribution in [2.45, 2.75) is 26.3 Å². The monoisotopic (exact) mass is 374 g/mol. The molecule has 1 aliphatic rings. The smallest absolute Gasteiger partial charge is 0.225 e. The number of carbonyl (C=O) groups is 1. The summed E-state index contributed by atoms with van der Waals surface area (Å²) in [6.07, 6.45) is 6.50. The molecule has 1 aromatic carbocycles. The number of aromatic nitrogens is 1. The van der Waals surface area contributed by atoms with Gasteiger partial charge in [0.2, 0.25) is 5.91 Å². The molecule has 142 valence electrons. The minimum Gasteiger partial charge on any atom is -0.459 e. The number of carbonyl (C=O) groups excluding carboxylic acids is 1. The lowest BCUT2D eigenvalue weighted by Gasteiger charge is -2.17. The van der Waals surface area contributed by atoms with Crippen LogP contribution in [0.4, 0.5) is 5.82 Å². The molecular weight excluding hydrogens is 352 g/mol. The number of pyridine rings is 1. The molecule has 1 amide bonds. The van der Waals surface area contributed by atoms with Gasteiger partial charge in [-0.3, -0.25) is 10.2 Å². The molecule has 0 fully saturated rings. The van der Waals surface area contributed by atoms with Gasteiger partial charge in [-0.2, -0.15) is 0 Å². The zero-order valence-corrected chi connectivity index (χ0v) is 16.0. The first-order valence-corrected chi connectivity index (χ1v) is 9.25. The Bertz CT molecular complexity index is 1100. The molecule has 0 atom stereocenters. The molecule has 0 spiro atoms. The zero-order valence-electron chi connectivity index (χ0n) is 16.0. The Balaban J connectivity index is 1.45. The van der Waals surface area contributed by atoms with Crippen molar-refractivity contribution in [1.82, 2.24) is 9.88 Å². The number of rotatable bonds is 4. The topological polar surface area (TPSA) is 82.2 Å². The van der Waals surface area contributed by atoms with E-state index in [2.05, 4.69) is 16.4 Å². The van der Waals surface area contributed by atoms with E-state index in [-0.39, 0.29) is 5.91 Å². The Hall–Kier alpha value is -3.41. The molecular formula is C22H22N4O2. The van der Waals surface area contributed by atoms with Gasteiger partial charge >= 0.3 is 0 Å². The van der Waals surface area contributed by atoms with Gasteiger partial charge in [0.05, 0.1) is 6.54 Å². The minimum absolute atomic E-state index is 0.00701. The first-order valence-electron chi connectivity index (χ1n) is 9.25. The van der Waals surface area contributed by atoms with Crippen LogP contribution in [-0.2, 0) is 17.8 Å². The van der Waals surface area contributed by atoms with E-state index in [1.165, 1.54) is 0 Å². The number of aryl methyl sites for hydroxylation is 2. The SMILES string of the molecule is Cc1c(CN(C)C(=N)/C=C/c2cnc3c(c2)CCC(=O)N3)oc2ccccc12. The number of nitrogens with zero attached hydrogens (tertiary/aromatic N) is 2. The highest BCUT2D eigenvalue weighted by molar-refractivity contribution is 5.95. The lowest BCUT2D eigenvalue weighted by atomic mass is 10.0. The average Bonchev–Trinajstić information content (AvgIpc) is 3.01. The normalized spacial score (nSPS) is 13.6. The van der Waals surface area contributed by atoms with Crippen molar-refractivity contribution in [3.63, 3.8) is 0 Å². The van der Waals surface area contributed by atoms with Crippen LogP contribution in [0.2, 0.25) is 0 Å². The highest BCUT2D eigenvalue weighted by atomic mass is 16.3. The standard InChI is InChI=1S/C22H22N4O2/c1-14-17-5-3-4-6-18(17)28-19(14)13-26(2)20(23)9-7-15-11-16-8-10-21(27)25-22(16)24-12-15/h3-7,9,11-12,23H,8,10,13H2,1-2H3,(H,24,25,27)/b9-7+,23-20?. The molecule has 1 aliphatic heterocycles. The number of anilines is 1. The van der Waals surface area contributed by atoms with Gasteiger partial charge in [-0.1, -0.05) is 18.2 Å². The summed E-state index contributed by atoms with van der Waals surface area (Å²) in [6.45, 7) is 2.57. The average molecular weight is 374 g/mol. The van der Waals surface area contributed by atoms with Gasteiger partial charge in [-0.15, -0.1) is 0 Å². The number of furan rings is 1. The number of benzene rings is 1. The van der Waals surface area contributed by atoms with Crippen LogP contribution in [0.5, 0.6) is 0 Å². The number of hydrogen-bond donors (Lipinski definition) is 2. The summed E-state index contributed by atoms with van der Waals surface area (Å²) in [6, 6.07) is 9.98. The lowest BCUT2D eigenvalue weighted by Crippen LogP contribution is -2.23. The van der Waals surface area contributed by atoms with Crippen LogP contribution >= 0.6 is 0 Å². The second kappa shape index (κ2) is 7.31. The highest BCUT2D eigenvalue weighted by Crippen LogP contribution is 2.26. The fraction of sp³-hybridized carbons (Fsp3) is 0.227. The Morgan fingerprint density at radius 3 is 3.00 bits per heavy atom. The predicted octanol–water partition coefficient (Wildman–Crippen LogP) is 4.14. The molecule has 0 radical (unpaired) electrons. The van der Waals surface area contributed by atoms with Crippen molar-refractivity contribution in [2.75, 3.05) is 12.4 Å². The van der Waals surface area contributed by atoms with Gasteiger partial charge in [-0.25, -0.2) is 4.98 Å². The number of hydrogen-bond acceptors (Lipinski definition) is 4. The third kappa shape index (κ3) is 3.53. The van der Waals surface area contributed by atoms with Gasteiger partial charge in [0, 0.05) is 30.6 Å². The molecule has 2 N–H and O–H groups in total. The Morgan fingerprint density at radius 1 is 1.36 bits per heavy atom. The number of para-hydroxylation sites is 1. The summed E-state index contributed by atoms with van der Waals surface area (Å²) < 4.78 is 5.95. The van der Waals surface area contributed by atoms with E-state index in [1.54, 1.807) is 12.3 Å². The van der Waals surface area contributed by atoms with Crippen molar-refractivity contribution < 1.29 is 9.21 Å². The van der Waals surface area contributed by atoms with Crippen molar-refractivity contribution in [3.05, 3.63) is 65.1 Å². The quantitative estimate of drug-likeness (QED) is 0.531. The predicted molar refractivity (Wildman–Crippen MR) is 110 cm³/mol. The van der Waals surface area contributed by atoms with E-state index in [4.69, 9.17) is 9.83 Å². The van der Waals surface area contributed by atoms with Crippen LogP contribution in [0.3, 0.4) is 0 Å². The summed E-state index contributed by atoms with van der Waals surface area (Å²) in [4.78, 5) is 17.6. The number of amides is 1. The third-order valence-electron chi connectivity index (χ3n) is 5.04. The van der Waals surface area contributed by atoms with Gasteiger partial charge in [0.15, 0.2) is 0 Å². The van der Waals surface area contributed by atoms with E-state index in [0.29, 0.717) is 31.0 Å². The summed E-state index contributed by atoms with van der Waals surface area (Å²) >= 11 is 0. The van der Waals surface area contributed by atoms with Crippen LogP contribution in [0.15, 0.2) is 47.0 Å². The van der Waals surface area contributed by atoms with E-state index < -0.39 is 0 Å². The fourth-order valence-corrected chi connectivity index (χ4v) is 3.34. The third-order valence-corrected chi connectivity index (χ3v) is 5.04. The van der Waals surface area contributed by atoms with Crippen molar-refractivity contribution in [2.24, 2.45) is 0 Å². The van der Waals surface area contributed by atoms with Crippen LogP contribution in [0, 0.1) is 12.3 Å². The lowest BCUT2D eigenvalue weighted by molar-refractivity contribution is -0.116. The van der Waals surface area contributed by atoms with Gasteiger partial charge < -0.3 is 14.6 Å². The Kier molecular flexibility index (Phi) is 4.69. The van der Waals surface area contributed by atoms with Crippen molar-refractivity contribution in [1.29, 1.82) is 5.41 Å². The molecule has 28 heavy (non-hydrogen) atoms. The largest absolute Gasteiger partial charge is 0.459 e. The number of amidine groups is 1. The summed E-state index contributed by atoms with van der Waals surface area (Å²) in [7, 11) is 1.87. The maximum absolute atomic E-state index is 11.4. The molecule has 4 rings (SSSR count). The summed E-state index contributed by atoms with van der Waals surface area (Å²) in [5.74, 6) is 1.90. The van der Waals surface area contributed by atoms with E-state index in [0.717, 1.165) is 33.4 Å². The maximum atomic E-state index is 11.4. The number of fused-ring (bicyclic) bond motifs is 2. The molecule has 0 aliphatic carbocycles. The second-order valence-electron chi connectivity index (χ2n) is 7.05. The number of likely N-dealkylation sites (N-methyl/N-ethyl adjacent to an activating group) is 1. The first-order chi connectivity index (χ1) is 13.5. The molecule has 6 nitrogen and oxygen atoms in total. The van der Waals surface area contributed by atoms with Crippen LogP contribution in [0.25, 0.3) is 17.0 Å². The van der Waals surface area contributed by atoms with Crippen LogP contribution in [0.1, 0.15) is 28.9 Å². The summed E-state index contributed by atoms with van der Waals surface area (Å²) in [5, 5.41) is 12.2. The second-order valence-corrected chi connectivity index (χ2v) is 7.05. The molecule has 0 saturated heterocycles. The molecule has 6 heteroatoms. The molecule has 0 saturated carbocycles.